The molecule has 2 heteroatoms. The maximum absolute atomic E-state index is 3.57. The Morgan fingerprint density at radius 3 is 2.46 bits per heavy atom. The van der Waals surface area contributed by atoms with Gasteiger partial charge in [-0.2, -0.15) is 11.3 Å². The zero-order valence-electron chi connectivity index (χ0n) is 8.76. The van der Waals surface area contributed by atoms with Gasteiger partial charge in [0, 0.05) is 12.6 Å². The summed E-state index contributed by atoms with van der Waals surface area (Å²) in [5, 5.41) is 8.02. The van der Waals surface area contributed by atoms with Crippen molar-refractivity contribution >= 4 is 11.3 Å². The third-order valence-corrected chi connectivity index (χ3v) is 3.44. The van der Waals surface area contributed by atoms with E-state index >= 15 is 0 Å². The van der Waals surface area contributed by atoms with Gasteiger partial charge in [-0.3, -0.25) is 0 Å². The Hall–Kier alpha value is -0.340. The molecular weight excluding hydrogens is 178 g/mol. The van der Waals surface area contributed by atoms with E-state index in [1.54, 1.807) is 11.3 Å². The summed E-state index contributed by atoms with van der Waals surface area (Å²) in [4.78, 5) is 0. The number of rotatable bonds is 5. The van der Waals surface area contributed by atoms with Crippen LogP contribution in [0.4, 0.5) is 0 Å². The predicted molar refractivity (Wildman–Crippen MR) is 60.3 cm³/mol. The molecule has 0 bridgehead atoms. The SMILES string of the molecule is CCC(CC)NCc1cscc1C. The molecule has 0 saturated heterocycles. The first kappa shape index (κ1) is 10.7. The summed E-state index contributed by atoms with van der Waals surface area (Å²) in [5.74, 6) is 0. The first-order chi connectivity index (χ1) is 6.27. The highest BCUT2D eigenvalue weighted by molar-refractivity contribution is 7.08. The van der Waals surface area contributed by atoms with E-state index in [2.05, 4.69) is 36.8 Å². The van der Waals surface area contributed by atoms with E-state index < -0.39 is 0 Å². The lowest BCUT2D eigenvalue weighted by molar-refractivity contribution is 0.484. The van der Waals surface area contributed by atoms with Crippen LogP contribution in [-0.2, 0) is 6.54 Å². The van der Waals surface area contributed by atoms with Gasteiger partial charge in [-0.1, -0.05) is 13.8 Å². The van der Waals surface area contributed by atoms with Crippen molar-refractivity contribution in [3.05, 3.63) is 21.9 Å². The van der Waals surface area contributed by atoms with Crippen molar-refractivity contribution in [2.24, 2.45) is 0 Å². The fourth-order valence-electron chi connectivity index (χ4n) is 1.40. The van der Waals surface area contributed by atoms with Crippen LogP contribution >= 0.6 is 11.3 Å². The number of nitrogens with one attached hydrogen (secondary N) is 1. The quantitative estimate of drug-likeness (QED) is 0.763. The Bertz CT molecular complexity index is 238. The van der Waals surface area contributed by atoms with Crippen molar-refractivity contribution in [2.45, 2.75) is 46.2 Å². The first-order valence-corrected chi connectivity index (χ1v) is 5.97. The molecule has 0 fully saturated rings. The van der Waals surface area contributed by atoms with E-state index in [0.717, 1.165) is 6.54 Å². The minimum atomic E-state index is 0.680. The largest absolute Gasteiger partial charge is 0.310 e. The average molecular weight is 197 g/mol. The van der Waals surface area contributed by atoms with E-state index in [4.69, 9.17) is 0 Å². The van der Waals surface area contributed by atoms with E-state index in [-0.39, 0.29) is 0 Å². The molecule has 1 heterocycles. The highest BCUT2D eigenvalue weighted by Crippen LogP contribution is 2.13. The van der Waals surface area contributed by atoms with Crippen LogP contribution in [0.15, 0.2) is 10.8 Å². The molecule has 0 aliphatic rings. The third-order valence-electron chi connectivity index (χ3n) is 2.53. The summed E-state index contributed by atoms with van der Waals surface area (Å²) in [5.41, 5.74) is 2.88. The molecular formula is C11H19NS. The van der Waals surface area contributed by atoms with Crippen LogP contribution in [0.2, 0.25) is 0 Å². The molecule has 0 unspecified atom stereocenters. The van der Waals surface area contributed by atoms with Gasteiger partial charge in [0.15, 0.2) is 0 Å². The molecule has 1 nitrogen and oxygen atoms in total. The second-order valence-electron chi connectivity index (χ2n) is 3.47. The molecule has 0 aliphatic heterocycles. The molecule has 0 aliphatic carbocycles. The lowest BCUT2D eigenvalue weighted by Gasteiger charge is -2.14. The molecule has 0 amide bonds. The summed E-state index contributed by atoms with van der Waals surface area (Å²) < 4.78 is 0. The maximum atomic E-state index is 3.57. The van der Waals surface area contributed by atoms with Crippen molar-refractivity contribution in [3.63, 3.8) is 0 Å². The smallest absolute Gasteiger partial charge is 0.0218 e. The monoisotopic (exact) mass is 197 g/mol. The maximum Gasteiger partial charge on any atom is 0.0218 e. The Morgan fingerprint density at radius 2 is 2.00 bits per heavy atom. The van der Waals surface area contributed by atoms with Gasteiger partial charge in [-0.25, -0.2) is 0 Å². The van der Waals surface area contributed by atoms with Gasteiger partial charge in [0.05, 0.1) is 0 Å². The van der Waals surface area contributed by atoms with Gasteiger partial charge in [-0.05, 0) is 41.7 Å². The number of hydrogen-bond acceptors (Lipinski definition) is 2. The fourth-order valence-corrected chi connectivity index (χ4v) is 2.26. The molecule has 0 saturated carbocycles. The molecule has 74 valence electrons. The van der Waals surface area contributed by atoms with Gasteiger partial charge >= 0.3 is 0 Å². The fraction of sp³-hybridized carbons (Fsp3) is 0.636. The minimum Gasteiger partial charge on any atom is -0.310 e. The molecule has 1 N–H and O–H groups in total. The van der Waals surface area contributed by atoms with Gasteiger partial charge in [0.1, 0.15) is 0 Å². The van der Waals surface area contributed by atoms with E-state index in [1.165, 1.54) is 24.0 Å². The summed E-state index contributed by atoms with van der Waals surface area (Å²) in [7, 11) is 0. The van der Waals surface area contributed by atoms with Gasteiger partial charge in [0.2, 0.25) is 0 Å². The molecule has 0 spiro atoms. The lowest BCUT2D eigenvalue weighted by atomic mass is 10.1. The molecule has 13 heavy (non-hydrogen) atoms. The summed E-state index contributed by atoms with van der Waals surface area (Å²) in [6, 6.07) is 0.680. The molecule has 1 aromatic heterocycles. The summed E-state index contributed by atoms with van der Waals surface area (Å²) in [6.07, 6.45) is 2.44. The zero-order valence-corrected chi connectivity index (χ0v) is 9.58. The highest BCUT2D eigenvalue weighted by Gasteiger charge is 2.03. The van der Waals surface area contributed by atoms with Crippen molar-refractivity contribution in [3.8, 4) is 0 Å². The molecule has 0 radical (unpaired) electrons. The zero-order chi connectivity index (χ0) is 9.68. The van der Waals surface area contributed by atoms with Gasteiger partial charge in [-0.15, -0.1) is 0 Å². The minimum absolute atomic E-state index is 0.680. The van der Waals surface area contributed by atoms with Gasteiger partial charge < -0.3 is 5.32 Å². The van der Waals surface area contributed by atoms with Gasteiger partial charge in [0.25, 0.3) is 0 Å². The van der Waals surface area contributed by atoms with Crippen LogP contribution in [0, 0.1) is 6.92 Å². The highest BCUT2D eigenvalue weighted by atomic mass is 32.1. The Morgan fingerprint density at radius 1 is 1.31 bits per heavy atom. The standard InChI is InChI=1S/C11H19NS/c1-4-11(5-2)12-6-10-8-13-7-9(10)3/h7-8,11-12H,4-6H2,1-3H3. The van der Waals surface area contributed by atoms with E-state index in [0.29, 0.717) is 6.04 Å². The third kappa shape index (κ3) is 3.12. The topological polar surface area (TPSA) is 12.0 Å². The Labute approximate surface area is 85.2 Å². The average Bonchev–Trinajstić information content (AvgIpc) is 2.54. The molecule has 1 aromatic rings. The molecule has 0 atom stereocenters. The number of thiophene rings is 1. The Balaban J connectivity index is 2.38. The second-order valence-corrected chi connectivity index (χ2v) is 4.22. The van der Waals surface area contributed by atoms with Crippen LogP contribution in [0.5, 0.6) is 0 Å². The lowest BCUT2D eigenvalue weighted by Crippen LogP contribution is -2.26. The van der Waals surface area contributed by atoms with Crippen LogP contribution in [0.3, 0.4) is 0 Å². The first-order valence-electron chi connectivity index (χ1n) is 5.03. The second kappa shape index (κ2) is 5.40. The van der Waals surface area contributed by atoms with Crippen molar-refractivity contribution in [1.29, 1.82) is 0 Å². The molecule has 1 rings (SSSR count). The predicted octanol–water partition coefficient (Wildman–Crippen LogP) is 3.33. The molecule has 0 aromatic carbocycles. The normalized spacial score (nSPS) is 11.1. The van der Waals surface area contributed by atoms with Crippen LogP contribution in [0.1, 0.15) is 37.8 Å². The Kier molecular flexibility index (Phi) is 4.46. The van der Waals surface area contributed by atoms with Crippen LogP contribution in [-0.4, -0.2) is 6.04 Å². The summed E-state index contributed by atoms with van der Waals surface area (Å²) in [6.45, 7) is 7.69. The van der Waals surface area contributed by atoms with Crippen molar-refractivity contribution in [2.75, 3.05) is 0 Å². The van der Waals surface area contributed by atoms with Crippen molar-refractivity contribution < 1.29 is 0 Å². The van der Waals surface area contributed by atoms with Crippen LogP contribution < -0.4 is 5.32 Å². The van der Waals surface area contributed by atoms with E-state index in [9.17, 15) is 0 Å². The summed E-state index contributed by atoms with van der Waals surface area (Å²) >= 11 is 1.79. The number of hydrogen-bond donors (Lipinski definition) is 1. The van der Waals surface area contributed by atoms with E-state index in [1.807, 2.05) is 0 Å². The van der Waals surface area contributed by atoms with Crippen LogP contribution in [0.25, 0.3) is 0 Å². The van der Waals surface area contributed by atoms with Crippen molar-refractivity contribution in [1.82, 2.24) is 5.32 Å². The number of aryl methyl sites for hydroxylation is 1.